The Morgan fingerprint density at radius 1 is 1.22 bits per heavy atom. The van der Waals surface area contributed by atoms with Crippen LogP contribution in [0.1, 0.15) is 35.1 Å². The number of hydrogen-bond acceptors (Lipinski definition) is 3. The van der Waals surface area contributed by atoms with Gasteiger partial charge in [-0.05, 0) is 59.9 Å². The Kier molecular flexibility index (Phi) is 5.86. The number of aromatic nitrogens is 2. The van der Waals surface area contributed by atoms with Crippen molar-refractivity contribution in [1.82, 2.24) is 9.78 Å². The number of benzene rings is 2. The van der Waals surface area contributed by atoms with Crippen molar-refractivity contribution in [3.63, 3.8) is 0 Å². The van der Waals surface area contributed by atoms with Gasteiger partial charge in [-0.25, -0.2) is 0 Å². The Morgan fingerprint density at radius 3 is 2.74 bits per heavy atom. The van der Waals surface area contributed by atoms with Crippen molar-refractivity contribution in [3.05, 3.63) is 88.2 Å². The monoisotopic (exact) mass is 399 g/mol. The predicted molar refractivity (Wildman–Crippen MR) is 107 cm³/mol. The molecule has 1 aliphatic rings. The third-order valence-electron chi connectivity index (χ3n) is 4.93. The molecule has 1 unspecified atom stereocenters. The third kappa shape index (κ3) is 3.72. The largest absolute Gasteiger partial charge is 0.361 e. The van der Waals surface area contributed by atoms with E-state index in [0.717, 1.165) is 36.1 Å². The topological polar surface area (TPSA) is 50.8 Å². The average Bonchev–Trinajstić information content (AvgIpc) is 3.31. The molecular formula is C21H19Cl2N3O. The molecule has 3 aromatic rings. The first-order chi connectivity index (χ1) is 12.7. The van der Waals surface area contributed by atoms with Crippen molar-refractivity contribution in [2.45, 2.75) is 31.6 Å². The smallest absolute Gasteiger partial charge is 0.119 e. The summed E-state index contributed by atoms with van der Waals surface area (Å²) in [6, 6.07) is 17.8. The predicted octanol–water partition coefficient (Wildman–Crippen LogP) is 5.08. The number of nitrogens with zero attached hydrogens (tertiary/aromatic N) is 3. The summed E-state index contributed by atoms with van der Waals surface area (Å²) in [7, 11) is 0. The normalized spacial score (nSPS) is 17.8. The van der Waals surface area contributed by atoms with E-state index >= 15 is 0 Å². The molecule has 0 bridgehead atoms. The van der Waals surface area contributed by atoms with Crippen molar-refractivity contribution in [3.8, 4) is 6.07 Å². The lowest BCUT2D eigenvalue weighted by molar-refractivity contribution is -0.0138. The van der Waals surface area contributed by atoms with E-state index in [1.54, 1.807) is 6.20 Å². The van der Waals surface area contributed by atoms with Gasteiger partial charge in [-0.1, -0.05) is 29.8 Å². The van der Waals surface area contributed by atoms with Gasteiger partial charge in [-0.2, -0.15) is 10.4 Å². The molecule has 0 saturated carbocycles. The molecule has 0 amide bonds. The molecule has 27 heavy (non-hydrogen) atoms. The maximum absolute atomic E-state index is 9.18. The summed E-state index contributed by atoms with van der Waals surface area (Å²) in [5, 5.41) is 14.2. The number of halogens is 2. The zero-order chi connectivity index (χ0) is 18.0. The molecule has 2 aromatic carbocycles. The molecule has 0 N–H and O–H groups in total. The van der Waals surface area contributed by atoms with Crippen LogP contribution >= 0.6 is 24.0 Å². The molecule has 4 nitrogen and oxygen atoms in total. The number of aryl methyl sites for hydroxylation is 1. The molecular weight excluding hydrogens is 381 g/mol. The standard InChI is InChI=1S/C21H18ClN3O.ClH/c22-19-6-4-18(5-7-19)21(9-1-11-25-12-2-10-24-25)20-8-3-16(14-23)13-17(20)15-26-21;/h2-8,10,12-13H,1,9,11,15H2;1H. The second-order valence-corrected chi connectivity index (χ2v) is 6.92. The lowest BCUT2D eigenvalue weighted by Crippen LogP contribution is -2.27. The molecule has 0 saturated heterocycles. The van der Waals surface area contributed by atoms with E-state index in [2.05, 4.69) is 11.2 Å². The number of nitriles is 1. The van der Waals surface area contributed by atoms with Gasteiger partial charge in [0.1, 0.15) is 5.60 Å². The minimum absolute atomic E-state index is 0. The Balaban J connectivity index is 0.00000210. The lowest BCUT2D eigenvalue weighted by atomic mass is 9.81. The summed E-state index contributed by atoms with van der Waals surface area (Å²) < 4.78 is 8.31. The Hall–Kier alpha value is -2.32. The molecule has 1 aliphatic heterocycles. The maximum Gasteiger partial charge on any atom is 0.119 e. The van der Waals surface area contributed by atoms with Crippen molar-refractivity contribution in [2.75, 3.05) is 0 Å². The fraction of sp³-hybridized carbons (Fsp3) is 0.238. The highest BCUT2D eigenvalue weighted by Crippen LogP contribution is 2.45. The number of rotatable bonds is 5. The summed E-state index contributed by atoms with van der Waals surface area (Å²) in [4.78, 5) is 0. The lowest BCUT2D eigenvalue weighted by Gasteiger charge is -2.30. The van der Waals surface area contributed by atoms with Crippen molar-refractivity contribution < 1.29 is 4.74 Å². The summed E-state index contributed by atoms with van der Waals surface area (Å²) in [6.07, 6.45) is 5.51. The molecule has 1 atom stereocenters. The highest BCUT2D eigenvalue weighted by Gasteiger charge is 2.41. The third-order valence-corrected chi connectivity index (χ3v) is 5.18. The SMILES string of the molecule is Cl.N#Cc1ccc2c(c1)COC2(CCCn1cccn1)c1ccc(Cl)cc1. The van der Waals surface area contributed by atoms with Crippen LogP contribution in [0.25, 0.3) is 0 Å². The summed E-state index contributed by atoms with van der Waals surface area (Å²) in [6.45, 7) is 1.34. The Morgan fingerprint density at radius 2 is 2.04 bits per heavy atom. The van der Waals surface area contributed by atoms with E-state index in [9.17, 15) is 5.26 Å². The minimum atomic E-state index is -0.513. The number of hydrogen-bond donors (Lipinski definition) is 0. The molecule has 0 fully saturated rings. The van der Waals surface area contributed by atoms with Gasteiger partial charge >= 0.3 is 0 Å². The molecule has 0 spiro atoms. The van der Waals surface area contributed by atoms with Crippen LogP contribution in [0.3, 0.4) is 0 Å². The molecule has 0 radical (unpaired) electrons. The van der Waals surface area contributed by atoms with E-state index in [0.29, 0.717) is 17.2 Å². The molecule has 0 aliphatic carbocycles. The molecule has 138 valence electrons. The highest BCUT2D eigenvalue weighted by atomic mass is 35.5. The van der Waals surface area contributed by atoms with Crippen LogP contribution in [-0.4, -0.2) is 9.78 Å². The fourth-order valence-electron chi connectivity index (χ4n) is 3.69. The van der Waals surface area contributed by atoms with Crippen LogP contribution in [0.5, 0.6) is 0 Å². The van der Waals surface area contributed by atoms with Gasteiger partial charge in [0.15, 0.2) is 0 Å². The summed E-state index contributed by atoms with van der Waals surface area (Å²) in [5.41, 5.74) is 3.46. The number of fused-ring (bicyclic) bond motifs is 1. The van der Waals surface area contributed by atoms with Crippen LogP contribution in [0.2, 0.25) is 5.02 Å². The van der Waals surface area contributed by atoms with Gasteiger partial charge in [0, 0.05) is 24.0 Å². The summed E-state index contributed by atoms with van der Waals surface area (Å²) in [5.74, 6) is 0. The van der Waals surface area contributed by atoms with Crippen molar-refractivity contribution in [2.24, 2.45) is 0 Å². The number of ether oxygens (including phenoxy) is 1. The Labute approximate surface area is 169 Å². The van der Waals surface area contributed by atoms with Crippen molar-refractivity contribution >= 4 is 24.0 Å². The van der Waals surface area contributed by atoms with E-state index in [-0.39, 0.29) is 12.4 Å². The first-order valence-corrected chi connectivity index (χ1v) is 9.00. The van der Waals surface area contributed by atoms with Crippen LogP contribution in [0, 0.1) is 11.3 Å². The van der Waals surface area contributed by atoms with Gasteiger partial charge in [0.05, 0.1) is 18.2 Å². The van der Waals surface area contributed by atoms with E-state index in [4.69, 9.17) is 16.3 Å². The van der Waals surface area contributed by atoms with E-state index in [1.165, 1.54) is 0 Å². The minimum Gasteiger partial charge on any atom is -0.361 e. The molecule has 2 heterocycles. The zero-order valence-corrected chi connectivity index (χ0v) is 16.2. The summed E-state index contributed by atoms with van der Waals surface area (Å²) >= 11 is 6.09. The molecule has 1 aromatic heterocycles. The highest BCUT2D eigenvalue weighted by molar-refractivity contribution is 6.30. The second-order valence-electron chi connectivity index (χ2n) is 6.48. The molecule has 4 rings (SSSR count). The van der Waals surface area contributed by atoms with Gasteiger partial charge < -0.3 is 4.74 Å². The first-order valence-electron chi connectivity index (χ1n) is 8.62. The second kappa shape index (κ2) is 8.14. The molecule has 6 heteroatoms. The van der Waals surface area contributed by atoms with Gasteiger partial charge in [-0.3, -0.25) is 4.68 Å². The fourth-order valence-corrected chi connectivity index (χ4v) is 3.81. The van der Waals surface area contributed by atoms with Gasteiger partial charge in [0.25, 0.3) is 0 Å². The van der Waals surface area contributed by atoms with Crippen molar-refractivity contribution in [1.29, 1.82) is 5.26 Å². The van der Waals surface area contributed by atoms with Crippen LogP contribution < -0.4 is 0 Å². The van der Waals surface area contributed by atoms with Crippen LogP contribution in [0.4, 0.5) is 0 Å². The average molecular weight is 400 g/mol. The van der Waals surface area contributed by atoms with Crippen LogP contribution in [0.15, 0.2) is 60.9 Å². The zero-order valence-electron chi connectivity index (χ0n) is 14.6. The quantitative estimate of drug-likeness (QED) is 0.600. The van der Waals surface area contributed by atoms with E-state index < -0.39 is 5.60 Å². The first kappa shape index (κ1) is 19.4. The maximum atomic E-state index is 9.18. The van der Waals surface area contributed by atoms with Gasteiger partial charge in [-0.15, -0.1) is 12.4 Å². The Bertz CT molecular complexity index is 949. The van der Waals surface area contributed by atoms with Crippen LogP contribution in [-0.2, 0) is 23.5 Å². The van der Waals surface area contributed by atoms with E-state index in [1.807, 2.05) is 59.4 Å². The van der Waals surface area contributed by atoms with Gasteiger partial charge in [0.2, 0.25) is 0 Å².